The lowest BCUT2D eigenvalue weighted by Crippen LogP contribution is -2.32. The van der Waals surface area contributed by atoms with Gasteiger partial charge in [0.25, 0.3) is 5.91 Å². The zero-order valence-electron chi connectivity index (χ0n) is 19.2. The second-order valence-electron chi connectivity index (χ2n) is 7.69. The Morgan fingerprint density at radius 1 is 0.824 bits per heavy atom. The number of aryl methyl sites for hydroxylation is 3. The van der Waals surface area contributed by atoms with Crippen LogP contribution < -0.4 is 20.8 Å². The summed E-state index contributed by atoms with van der Waals surface area (Å²) in [4.78, 5) is 36.3. The number of nitrogens with zero attached hydrogens (tertiary/aromatic N) is 1. The third kappa shape index (κ3) is 7.03. The number of anilines is 2. The minimum Gasteiger partial charge on any atom is -0.483 e. The topological polar surface area (TPSA) is 109 Å². The Balaban J connectivity index is 1.53. The molecule has 0 spiro atoms. The van der Waals surface area contributed by atoms with Gasteiger partial charge in [-0.25, -0.2) is 5.43 Å². The zero-order chi connectivity index (χ0) is 24.5. The molecule has 0 aliphatic heterocycles. The van der Waals surface area contributed by atoms with Crippen molar-refractivity contribution < 1.29 is 19.1 Å². The molecule has 0 saturated heterocycles. The first-order valence-corrected chi connectivity index (χ1v) is 10.6. The molecule has 8 nitrogen and oxygen atoms in total. The minimum absolute atomic E-state index is 0.205. The highest BCUT2D eigenvalue weighted by molar-refractivity contribution is 6.39. The second kappa shape index (κ2) is 11.4. The zero-order valence-corrected chi connectivity index (χ0v) is 19.2. The van der Waals surface area contributed by atoms with Crippen LogP contribution in [-0.4, -0.2) is 30.5 Å². The van der Waals surface area contributed by atoms with Crippen molar-refractivity contribution in [2.24, 2.45) is 5.10 Å². The van der Waals surface area contributed by atoms with Crippen molar-refractivity contribution in [1.29, 1.82) is 0 Å². The molecule has 0 saturated carbocycles. The second-order valence-corrected chi connectivity index (χ2v) is 7.69. The van der Waals surface area contributed by atoms with Gasteiger partial charge < -0.3 is 15.4 Å². The summed E-state index contributed by atoms with van der Waals surface area (Å²) in [6, 6.07) is 19.7. The number of rotatable bonds is 7. The van der Waals surface area contributed by atoms with Crippen LogP contribution in [0, 0.1) is 20.8 Å². The predicted octanol–water partition coefficient (Wildman–Crippen LogP) is 3.72. The average Bonchev–Trinajstić information content (AvgIpc) is 2.82. The molecule has 0 radical (unpaired) electrons. The number of hydrazone groups is 1. The van der Waals surface area contributed by atoms with Gasteiger partial charge >= 0.3 is 11.8 Å². The van der Waals surface area contributed by atoms with Gasteiger partial charge in [-0.3, -0.25) is 14.4 Å². The Bertz CT molecular complexity index is 1220. The van der Waals surface area contributed by atoms with Crippen molar-refractivity contribution in [2.75, 3.05) is 17.2 Å². The molecular formula is C26H26N4O4. The van der Waals surface area contributed by atoms with Gasteiger partial charge in [0.05, 0.1) is 6.21 Å². The van der Waals surface area contributed by atoms with Crippen LogP contribution in [0.5, 0.6) is 5.75 Å². The Morgan fingerprint density at radius 3 is 2.26 bits per heavy atom. The maximum Gasteiger partial charge on any atom is 0.329 e. The van der Waals surface area contributed by atoms with Crippen molar-refractivity contribution in [1.82, 2.24) is 5.43 Å². The van der Waals surface area contributed by atoms with E-state index in [0.29, 0.717) is 22.7 Å². The number of para-hydroxylation sites is 1. The summed E-state index contributed by atoms with van der Waals surface area (Å²) in [6.45, 7) is 5.64. The Kier molecular flexibility index (Phi) is 8.12. The summed E-state index contributed by atoms with van der Waals surface area (Å²) in [5.41, 5.74) is 7.10. The molecule has 34 heavy (non-hydrogen) atoms. The van der Waals surface area contributed by atoms with Gasteiger partial charge in [0.15, 0.2) is 6.61 Å². The van der Waals surface area contributed by atoms with E-state index in [-0.39, 0.29) is 12.5 Å². The van der Waals surface area contributed by atoms with Crippen LogP contribution in [0.1, 0.15) is 22.3 Å². The fourth-order valence-corrected chi connectivity index (χ4v) is 2.91. The van der Waals surface area contributed by atoms with E-state index in [4.69, 9.17) is 4.74 Å². The third-order valence-corrected chi connectivity index (χ3v) is 4.95. The summed E-state index contributed by atoms with van der Waals surface area (Å²) in [5.74, 6) is -1.66. The smallest absolute Gasteiger partial charge is 0.329 e. The molecule has 0 bridgehead atoms. The van der Waals surface area contributed by atoms with Crippen LogP contribution in [0.25, 0.3) is 0 Å². The maximum atomic E-state index is 12.2. The molecule has 0 fully saturated rings. The summed E-state index contributed by atoms with van der Waals surface area (Å²) in [5, 5.41) is 9.12. The minimum atomic E-state index is -0.912. The number of benzene rings is 3. The summed E-state index contributed by atoms with van der Waals surface area (Å²) < 4.78 is 5.60. The van der Waals surface area contributed by atoms with E-state index in [1.807, 2.05) is 51.1 Å². The van der Waals surface area contributed by atoms with E-state index in [1.165, 1.54) is 6.21 Å². The van der Waals surface area contributed by atoms with Crippen molar-refractivity contribution in [3.63, 3.8) is 0 Å². The van der Waals surface area contributed by atoms with Gasteiger partial charge in [-0.15, -0.1) is 0 Å². The van der Waals surface area contributed by atoms with Crippen molar-refractivity contribution in [2.45, 2.75) is 20.8 Å². The van der Waals surface area contributed by atoms with Gasteiger partial charge in [-0.1, -0.05) is 35.9 Å². The predicted molar refractivity (Wildman–Crippen MR) is 132 cm³/mol. The van der Waals surface area contributed by atoms with Crippen LogP contribution in [0.4, 0.5) is 11.4 Å². The number of carbonyl (C=O) groups is 3. The van der Waals surface area contributed by atoms with Gasteiger partial charge in [0, 0.05) is 16.9 Å². The standard InChI is InChI=1S/C26H26N4O4/c1-17-8-11-21(12-9-17)28-24(31)16-34-23-7-5-4-6-20(23)15-27-30-26(33)25(32)29-22-13-10-18(2)19(3)14-22/h4-15H,16H2,1-3H3,(H,28,31)(H,29,32)(H,30,33)/b27-15-. The van der Waals surface area contributed by atoms with Crippen LogP contribution in [0.15, 0.2) is 71.8 Å². The monoisotopic (exact) mass is 458 g/mol. The first-order chi connectivity index (χ1) is 16.3. The molecule has 3 aromatic rings. The molecule has 0 unspecified atom stereocenters. The Hall–Kier alpha value is -4.46. The normalized spacial score (nSPS) is 10.6. The highest BCUT2D eigenvalue weighted by atomic mass is 16.5. The Morgan fingerprint density at radius 2 is 1.53 bits per heavy atom. The molecule has 3 rings (SSSR count). The fraction of sp³-hybridized carbons (Fsp3) is 0.154. The van der Waals surface area contributed by atoms with Crippen LogP contribution in [0.3, 0.4) is 0 Å². The number of nitrogens with one attached hydrogen (secondary N) is 3. The lowest BCUT2D eigenvalue weighted by atomic mass is 10.1. The van der Waals surface area contributed by atoms with Crippen molar-refractivity contribution in [3.8, 4) is 5.75 Å². The molecule has 0 atom stereocenters. The van der Waals surface area contributed by atoms with E-state index in [9.17, 15) is 14.4 Å². The molecule has 3 aromatic carbocycles. The molecule has 174 valence electrons. The summed E-state index contributed by atoms with van der Waals surface area (Å²) >= 11 is 0. The lowest BCUT2D eigenvalue weighted by molar-refractivity contribution is -0.136. The number of amides is 3. The SMILES string of the molecule is Cc1ccc(NC(=O)COc2ccccc2/C=N\NC(=O)C(=O)Nc2ccc(C)c(C)c2)cc1. The molecule has 3 N–H and O–H groups in total. The van der Waals surface area contributed by atoms with Gasteiger partial charge in [0.1, 0.15) is 5.75 Å². The molecular weight excluding hydrogens is 432 g/mol. The Labute approximate surface area is 198 Å². The lowest BCUT2D eigenvalue weighted by Gasteiger charge is -2.10. The third-order valence-electron chi connectivity index (χ3n) is 4.95. The average molecular weight is 459 g/mol. The molecule has 0 heterocycles. The summed E-state index contributed by atoms with van der Waals surface area (Å²) in [6.07, 6.45) is 1.34. The van der Waals surface area contributed by atoms with E-state index in [1.54, 1.807) is 36.4 Å². The first kappa shape index (κ1) is 24.2. The molecule has 3 amide bonds. The van der Waals surface area contributed by atoms with E-state index in [2.05, 4.69) is 21.2 Å². The maximum absolute atomic E-state index is 12.2. The van der Waals surface area contributed by atoms with E-state index in [0.717, 1.165) is 16.7 Å². The van der Waals surface area contributed by atoms with Crippen molar-refractivity contribution in [3.05, 3.63) is 89.0 Å². The number of ether oxygens (including phenoxy) is 1. The van der Waals surface area contributed by atoms with Gasteiger partial charge in [-0.05, 0) is 68.3 Å². The molecule has 0 aliphatic carbocycles. The molecule has 8 heteroatoms. The van der Waals surface area contributed by atoms with E-state index < -0.39 is 11.8 Å². The number of hydrogen-bond donors (Lipinski definition) is 3. The number of carbonyl (C=O) groups excluding carboxylic acids is 3. The molecule has 0 aliphatic rings. The van der Waals surface area contributed by atoms with Gasteiger partial charge in [0.2, 0.25) is 0 Å². The highest BCUT2D eigenvalue weighted by Crippen LogP contribution is 2.16. The van der Waals surface area contributed by atoms with Crippen LogP contribution in [-0.2, 0) is 14.4 Å². The highest BCUT2D eigenvalue weighted by Gasteiger charge is 2.13. The van der Waals surface area contributed by atoms with Crippen molar-refractivity contribution >= 4 is 35.3 Å². The largest absolute Gasteiger partial charge is 0.483 e. The number of hydrogen-bond acceptors (Lipinski definition) is 5. The van der Waals surface area contributed by atoms with Gasteiger partial charge in [-0.2, -0.15) is 5.10 Å². The summed E-state index contributed by atoms with van der Waals surface area (Å²) in [7, 11) is 0. The van der Waals surface area contributed by atoms with Crippen LogP contribution >= 0.6 is 0 Å². The van der Waals surface area contributed by atoms with E-state index >= 15 is 0 Å². The van der Waals surface area contributed by atoms with Crippen LogP contribution in [0.2, 0.25) is 0 Å². The first-order valence-electron chi connectivity index (χ1n) is 10.6. The quantitative estimate of drug-likeness (QED) is 0.285. The molecule has 0 aromatic heterocycles. The fourth-order valence-electron chi connectivity index (χ4n) is 2.91.